The molecule has 2 aromatic heterocycles. The SMILES string of the molecule is CCOCCn1c([C@@H]2CCCN(C)C2)nc2cccnc21. The van der Waals surface area contributed by atoms with Gasteiger partial charge in [0.15, 0.2) is 5.65 Å². The van der Waals surface area contributed by atoms with Crippen molar-refractivity contribution in [1.82, 2.24) is 19.4 Å². The molecule has 0 aromatic carbocycles. The Kier molecular flexibility index (Phi) is 4.51. The van der Waals surface area contributed by atoms with Gasteiger partial charge in [-0.3, -0.25) is 0 Å². The summed E-state index contributed by atoms with van der Waals surface area (Å²) in [6.45, 7) is 6.60. The van der Waals surface area contributed by atoms with Gasteiger partial charge in [0.25, 0.3) is 0 Å². The predicted molar refractivity (Wildman–Crippen MR) is 83.5 cm³/mol. The molecule has 1 saturated heterocycles. The molecule has 114 valence electrons. The van der Waals surface area contributed by atoms with Crippen molar-refractivity contribution in [1.29, 1.82) is 0 Å². The maximum atomic E-state index is 5.53. The number of nitrogens with zero attached hydrogens (tertiary/aromatic N) is 4. The quantitative estimate of drug-likeness (QED) is 0.792. The van der Waals surface area contributed by atoms with Crippen molar-refractivity contribution in [3.8, 4) is 0 Å². The number of likely N-dealkylation sites (tertiary alicyclic amines) is 1. The first-order valence-electron chi connectivity index (χ1n) is 7.87. The first-order valence-corrected chi connectivity index (χ1v) is 7.87. The number of hydrogen-bond donors (Lipinski definition) is 0. The second kappa shape index (κ2) is 6.54. The van der Waals surface area contributed by atoms with Crippen LogP contribution in [0.1, 0.15) is 31.5 Å². The Balaban J connectivity index is 1.93. The van der Waals surface area contributed by atoms with Gasteiger partial charge in [0.1, 0.15) is 11.3 Å². The van der Waals surface area contributed by atoms with Crippen LogP contribution in [0.5, 0.6) is 0 Å². The number of aromatic nitrogens is 3. The highest BCUT2D eigenvalue weighted by atomic mass is 16.5. The number of imidazole rings is 1. The number of pyridine rings is 1. The van der Waals surface area contributed by atoms with E-state index in [2.05, 4.69) is 27.6 Å². The topological polar surface area (TPSA) is 43.2 Å². The van der Waals surface area contributed by atoms with E-state index in [0.29, 0.717) is 12.5 Å². The molecule has 21 heavy (non-hydrogen) atoms. The molecule has 1 aliphatic rings. The smallest absolute Gasteiger partial charge is 0.160 e. The normalized spacial score (nSPS) is 20.2. The number of likely N-dealkylation sites (N-methyl/N-ethyl adjacent to an activating group) is 1. The van der Waals surface area contributed by atoms with Crippen LogP contribution >= 0.6 is 0 Å². The molecule has 0 spiro atoms. The number of hydrogen-bond acceptors (Lipinski definition) is 4. The molecule has 3 heterocycles. The standard InChI is InChI=1S/C16H24N4O/c1-3-21-11-10-20-15(13-6-5-9-19(2)12-13)18-14-7-4-8-17-16(14)20/h4,7-8,13H,3,5-6,9-12H2,1-2H3/t13-/m1/s1. The number of ether oxygens (including phenoxy) is 1. The lowest BCUT2D eigenvalue weighted by Gasteiger charge is -2.29. The fourth-order valence-corrected chi connectivity index (χ4v) is 3.19. The van der Waals surface area contributed by atoms with Crippen molar-refractivity contribution in [2.75, 3.05) is 33.4 Å². The molecule has 0 aliphatic carbocycles. The van der Waals surface area contributed by atoms with Crippen molar-refractivity contribution in [2.24, 2.45) is 0 Å². The van der Waals surface area contributed by atoms with Gasteiger partial charge in [0, 0.05) is 31.8 Å². The van der Waals surface area contributed by atoms with Gasteiger partial charge in [0.2, 0.25) is 0 Å². The van der Waals surface area contributed by atoms with E-state index < -0.39 is 0 Å². The summed E-state index contributed by atoms with van der Waals surface area (Å²) in [4.78, 5) is 11.8. The van der Waals surface area contributed by atoms with E-state index in [1.807, 2.05) is 19.2 Å². The molecule has 5 heteroatoms. The summed E-state index contributed by atoms with van der Waals surface area (Å²) in [7, 11) is 2.19. The number of piperidine rings is 1. The average Bonchev–Trinajstić information content (AvgIpc) is 2.87. The van der Waals surface area contributed by atoms with Crippen molar-refractivity contribution in [3.05, 3.63) is 24.2 Å². The highest BCUT2D eigenvalue weighted by Crippen LogP contribution is 2.28. The van der Waals surface area contributed by atoms with Crippen molar-refractivity contribution in [3.63, 3.8) is 0 Å². The summed E-state index contributed by atoms with van der Waals surface area (Å²) in [5.41, 5.74) is 1.98. The van der Waals surface area contributed by atoms with E-state index in [0.717, 1.165) is 30.9 Å². The fourth-order valence-electron chi connectivity index (χ4n) is 3.19. The van der Waals surface area contributed by atoms with Crippen molar-refractivity contribution < 1.29 is 4.74 Å². The zero-order valence-corrected chi connectivity index (χ0v) is 13.0. The summed E-state index contributed by atoms with van der Waals surface area (Å²) in [5, 5.41) is 0. The lowest BCUT2D eigenvalue weighted by molar-refractivity contribution is 0.138. The largest absolute Gasteiger partial charge is 0.380 e. The lowest BCUT2D eigenvalue weighted by atomic mass is 9.97. The molecule has 1 aliphatic heterocycles. The zero-order valence-electron chi connectivity index (χ0n) is 13.0. The Morgan fingerprint density at radius 1 is 1.43 bits per heavy atom. The second-order valence-electron chi connectivity index (χ2n) is 5.77. The van der Waals surface area contributed by atoms with Crippen LogP contribution in [0.15, 0.2) is 18.3 Å². The van der Waals surface area contributed by atoms with E-state index in [4.69, 9.17) is 9.72 Å². The Bertz CT molecular complexity index is 595. The number of rotatable bonds is 5. The van der Waals surface area contributed by atoms with Crippen LogP contribution in [-0.4, -0.2) is 52.8 Å². The van der Waals surface area contributed by atoms with E-state index in [9.17, 15) is 0 Å². The highest BCUT2D eigenvalue weighted by Gasteiger charge is 2.24. The molecule has 0 radical (unpaired) electrons. The monoisotopic (exact) mass is 288 g/mol. The van der Waals surface area contributed by atoms with Crippen LogP contribution in [0.2, 0.25) is 0 Å². The van der Waals surface area contributed by atoms with E-state index in [-0.39, 0.29) is 0 Å². The van der Waals surface area contributed by atoms with E-state index in [1.165, 1.54) is 25.2 Å². The first kappa shape index (κ1) is 14.5. The van der Waals surface area contributed by atoms with Crippen molar-refractivity contribution >= 4 is 11.2 Å². The molecule has 2 aromatic rings. The number of fused-ring (bicyclic) bond motifs is 1. The highest BCUT2D eigenvalue weighted by molar-refractivity contribution is 5.71. The molecule has 5 nitrogen and oxygen atoms in total. The molecule has 0 amide bonds. The van der Waals surface area contributed by atoms with Gasteiger partial charge in [-0.05, 0) is 45.5 Å². The lowest BCUT2D eigenvalue weighted by Crippen LogP contribution is -2.32. The zero-order chi connectivity index (χ0) is 14.7. The molecule has 0 saturated carbocycles. The van der Waals surface area contributed by atoms with Gasteiger partial charge >= 0.3 is 0 Å². The van der Waals surface area contributed by atoms with Gasteiger partial charge in [-0.15, -0.1) is 0 Å². The summed E-state index contributed by atoms with van der Waals surface area (Å²) in [5.74, 6) is 1.68. The predicted octanol–water partition coefficient (Wildman–Crippen LogP) is 2.28. The van der Waals surface area contributed by atoms with Gasteiger partial charge in [0.05, 0.1) is 6.61 Å². The Hall–Kier alpha value is -1.46. The van der Waals surface area contributed by atoms with Crippen LogP contribution in [0, 0.1) is 0 Å². The minimum Gasteiger partial charge on any atom is -0.380 e. The van der Waals surface area contributed by atoms with E-state index in [1.54, 1.807) is 0 Å². The van der Waals surface area contributed by atoms with Crippen LogP contribution in [0.3, 0.4) is 0 Å². The van der Waals surface area contributed by atoms with Crippen LogP contribution in [0.25, 0.3) is 11.2 Å². The molecule has 1 atom stereocenters. The maximum Gasteiger partial charge on any atom is 0.160 e. The third-order valence-corrected chi connectivity index (χ3v) is 4.19. The molecule has 0 N–H and O–H groups in total. The Morgan fingerprint density at radius 2 is 2.33 bits per heavy atom. The maximum absolute atomic E-state index is 5.53. The van der Waals surface area contributed by atoms with Crippen LogP contribution < -0.4 is 0 Å². The summed E-state index contributed by atoms with van der Waals surface area (Å²) < 4.78 is 7.79. The van der Waals surface area contributed by atoms with E-state index >= 15 is 0 Å². The summed E-state index contributed by atoms with van der Waals surface area (Å²) >= 11 is 0. The fraction of sp³-hybridized carbons (Fsp3) is 0.625. The molecule has 0 unspecified atom stereocenters. The molecule has 0 bridgehead atoms. The third-order valence-electron chi connectivity index (χ3n) is 4.19. The molecular weight excluding hydrogens is 264 g/mol. The van der Waals surface area contributed by atoms with Crippen LogP contribution in [0.4, 0.5) is 0 Å². The summed E-state index contributed by atoms with van der Waals surface area (Å²) in [6.07, 6.45) is 4.30. The molecule has 1 fully saturated rings. The summed E-state index contributed by atoms with van der Waals surface area (Å²) in [6, 6.07) is 4.01. The Labute approximate surface area is 125 Å². The van der Waals surface area contributed by atoms with Crippen molar-refractivity contribution in [2.45, 2.75) is 32.2 Å². The molecule has 3 rings (SSSR count). The van der Waals surface area contributed by atoms with Gasteiger partial charge < -0.3 is 14.2 Å². The molecular formula is C16H24N4O. The minimum absolute atomic E-state index is 0.500. The van der Waals surface area contributed by atoms with Gasteiger partial charge in [-0.2, -0.15) is 0 Å². The third kappa shape index (κ3) is 3.09. The Morgan fingerprint density at radius 3 is 3.14 bits per heavy atom. The van der Waals surface area contributed by atoms with Crippen LogP contribution in [-0.2, 0) is 11.3 Å². The first-order chi connectivity index (χ1) is 10.3. The van der Waals surface area contributed by atoms with Gasteiger partial charge in [-0.25, -0.2) is 9.97 Å². The van der Waals surface area contributed by atoms with Gasteiger partial charge in [-0.1, -0.05) is 0 Å². The second-order valence-corrected chi connectivity index (χ2v) is 5.77. The minimum atomic E-state index is 0.500. The average molecular weight is 288 g/mol.